The van der Waals surface area contributed by atoms with Gasteiger partial charge in [0.1, 0.15) is 5.54 Å². The molecule has 1 N–H and O–H groups in total. The molecular formula is C27H35N5O2. The first-order valence-electron chi connectivity index (χ1n) is 12.2. The zero-order valence-corrected chi connectivity index (χ0v) is 20.5. The molecule has 0 saturated carbocycles. The molecule has 3 amide bonds. The third-order valence-electron chi connectivity index (χ3n) is 7.29. The lowest BCUT2D eigenvalue weighted by molar-refractivity contribution is -0.134. The van der Waals surface area contributed by atoms with Crippen LogP contribution in [0.4, 0.5) is 4.79 Å². The maximum Gasteiger partial charge on any atom is 0.325 e. The third-order valence-corrected chi connectivity index (χ3v) is 7.29. The van der Waals surface area contributed by atoms with Crippen molar-refractivity contribution in [3.63, 3.8) is 0 Å². The summed E-state index contributed by atoms with van der Waals surface area (Å²) >= 11 is 0. The molecule has 2 aliphatic heterocycles. The van der Waals surface area contributed by atoms with E-state index in [9.17, 15) is 9.59 Å². The normalized spacial score (nSPS) is 21.4. The Morgan fingerprint density at radius 2 is 1.91 bits per heavy atom. The molecule has 2 aromatic rings. The van der Waals surface area contributed by atoms with Crippen LogP contribution in [0.2, 0.25) is 0 Å². The topological polar surface area (TPSA) is 70.5 Å². The van der Waals surface area contributed by atoms with Crippen molar-refractivity contribution in [2.75, 3.05) is 19.6 Å². The largest absolute Gasteiger partial charge is 0.325 e. The van der Waals surface area contributed by atoms with E-state index in [4.69, 9.17) is 0 Å². The van der Waals surface area contributed by atoms with Gasteiger partial charge in [-0.25, -0.2) is 4.79 Å². The van der Waals surface area contributed by atoms with Crippen molar-refractivity contribution in [2.24, 2.45) is 13.0 Å². The molecule has 7 nitrogen and oxygen atoms in total. The van der Waals surface area contributed by atoms with E-state index in [1.165, 1.54) is 16.0 Å². The Bertz CT molecular complexity index is 1080. The Morgan fingerprint density at radius 1 is 1.18 bits per heavy atom. The summed E-state index contributed by atoms with van der Waals surface area (Å²) in [6, 6.07) is 10.0. The molecule has 0 bridgehead atoms. The van der Waals surface area contributed by atoms with E-state index in [1.807, 2.05) is 36.9 Å². The van der Waals surface area contributed by atoms with E-state index >= 15 is 0 Å². The molecule has 2 fully saturated rings. The number of aryl methyl sites for hydroxylation is 3. The zero-order valence-electron chi connectivity index (χ0n) is 20.5. The minimum absolute atomic E-state index is 0.102. The molecule has 3 heterocycles. The molecule has 2 saturated heterocycles. The van der Waals surface area contributed by atoms with Gasteiger partial charge in [-0.05, 0) is 70.5 Å². The predicted octanol–water partition coefficient (Wildman–Crippen LogP) is 3.28. The number of urea groups is 1. The van der Waals surface area contributed by atoms with Crippen LogP contribution in [0.25, 0.3) is 0 Å². The van der Waals surface area contributed by atoms with Crippen LogP contribution in [0.15, 0.2) is 36.5 Å². The molecule has 4 rings (SSSR count). The number of aromatic nitrogens is 2. The molecule has 7 heteroatoms. The third kappa shape index (κ3) is 5.02. The summed E-state index contributed by atoms with van der Waals surface area (Å²) in [6.07, 6.45) is 6.22. The predicted molar refractivity (Wildman–Crippen MR) is 132 cm³/mol. The van der Waals surface area contributed by atoms with Crippen LogP contribution < -0.4 is 5.32 Å². The number of nitrogens with zero attached hydrogens (tertiary/aromatic N) is 4. The SMILES string of the molecule is CC#CCN1C(=O)N[C@](CCCc2ccccc2)(C2CCN(Cc3cn(C)nc3C)CC2)C1=O. The fraction of sp³-hybridized carbons (Fsp3) is 0.519. The first kappa shape index (κ1) is 24.0. The minimum atomic E-state index is -0.836. The summed E-state index contributed by atoms with van der Waals surface area (Å²) in [4.78, 5) is 30.2. The van der Waals surface area contributed by atoms with E-state index in [0.29, 0.717) is 6.42 Å². The first-order chi connectivity index (χ1) is 16.4. The van der Waals surface area contributed by atoms with Crippen molar-refractivity contribution in [2.45, 2.75) is 58.0 Å². The van der Waals surface area contributed by atoms with Crippen molar-refractivity contribution in [1.29, 1.82) is 0 Å². The lowest BCUT2D eigenvalue weighted by Crippen LogP contribution is -2.56. The highest BCUT2D eigenvalue weighted by Crippen LogP contribution is 2.37. The molecule has 2 aliphatic rings. The molecule has 0 unspecified atom stereocenters. The molecular weight excluding hydrogens is 426 g/mol. The van der Waals surface area contributed by atoms with Gasteiger partial charge in [0.25, 0.3) is 5.91 Å². The minimum Gasteiger partial charge on any atom is -0.323 e. The summed E-state index contributed by atoms with van der Waals surface area (Å²) < 4.78 is 1.86. The van der Waals surface area contributed by atoms with Gasteiger partial charge in [-0.2, -0.15) is 5.10 Å². The number of likely N-dealkylation sites (tertiary alicyclic amines) is 1. The van der Waals surface area contributed by atoms with Crippen LogP contribution in [-0.4, -0.2) is 56.7 Å². The van der Waals surface area contributed by atoms with Crippen molar-refractivity contribution in [1.82, 2.24) is 24.9 Å². The smallest absolute Gasteiger partial charge is 0.323 e. The van der Waals surface area contributed by atoms with Crippen molar-refractivity contribution in [3.05, 3.63) is 53.3 Å². The number of benzene rings is 1. The van der Waals surface area contributed by atoms with Gasteiger partial charge in [0.05, 0.1) is 12.2 Å². The molecule has 0 radical (unpaired) electrons. The molecule has 0 spiro atoms. The van der Waals surface area contributed by atoms with E-state index in [2.05, 4.69) is 45.5 Å². The van der Waals surface area contributed by atoms with E-state index in [1.54, 1.807) is 6.92 Å². The Kier molecular flexibility index (Phi) is 7.38. The molecule has 1 atom stereocenters. The second kappa shape index (κ2) is 10.4. The highest BCUT2D eigenvalue weighted by atomic mass is 16.2. The van der Waals surface area contributed by atoms with Crippen LogP contribution in [0.3, 0.4) is 0 Å². The van der Waals surface area contributed by atoms with Crippen molar-refractivity contribution in [3.8, 4) is 11.8 Å². The number of nitrogens with one attached hydrogen (secondary N) is 1. The number of carbonyl (C=O) groups is 2. The summed E-state index contributed by atoms with van der Waals surface area (Å²) in [5.41, 5.74) is 2.73. The molecule has 180 valence electrons. The number of imide groups is 1. The summed E-state index contributed by atoms with van der Waals surface area (Å²) in [5, 5.41) is 7.60. The number of piperidine rings is 1. The number of carbonyl (C=O) groups excluding carboxylic acids is 2. The quantitative estimate of drug-likeness (QED) is 0.484. The van der Waals surface area contributed by atoms with E-state index < -0.39 is 5.54 Å². The number of amides is 3. The average molecular weight is 462 g/mol. The van der Waals surface area contributed by atoms with Crippen molar-refractivity contribution >= 4 is 11.9 Å². The number of hydrogen-bond donors (Lipinski definition) is 1. The monoisotopic (exact) mass is 461 g/mol. The summed E-state index contributed by atoms with van der Waals surface area (Å²) in [7, 11) is 1.95. The van der Waals surface area contributed by atoms with Gasteiger partial charge in [-0.15, -0.1) is 5.92 Å². The Balaban J connectivity index is 1.46. The van der Waals surface area contributed by atoms with Crippen LogP contribution >= 0.6 is 0 Å². The Hall–Kier alpha value is -3.11. The lowest BCUT2D eigenvalue weighted by atomic mass is 9.74. The highest BCUT2D eigenvalue weighted by molar-refractivity contribution is 6.07. The van der Waals surface area contributed by atoms with Gasteiger partial charge in [0.15, 0.2) is 0 Å². The van der Waals surface area contributed by atoms with E-state index in [-0.39, 0.29) is 24.4 Å². The van der Waals surface area contributed by atoms with Gasteiger partial charge in [0.2, 0.25) is 0 Å². The fourth-order valence-corrected chi connectivity index (χ4v) is 5.44. The maximum atomic E-state index is 13.7. The van der Waals surface area contributed by atoms with E-state index in [0.717, 1.165) is 51.0 Å². The zero-order chi connectivity index (χ0) is 24.1. The van der Waals surface area contributed by atoms with Gasteiger partial charge < -0.3 is 5.32 Å². The molecule has 0 aliphatic carbocycles. The van der Waals surface area contributed by atoms with Gasteiger partial charge in [-0.3, -0.25) is 19.3 Å². The number of hydrogen-bond acceptors (Lipinski definition) is 4. The Morgan fingerprint density at radius 3 is 2.56 bits per heavy atom. The second-order valence-electron chi connectivity index (χ2n) is 9.52. The van der Waals surface area contributed by atoms with Crippen LogP contribution in [-0.2, 0) is 24.8 Å². The molecule has 1 aromatic heterocycles. The Labute approximate surface area is 202 Å². The fourth-order valence-electron chi connectivity index (χ4n) is 5.44. The first-order valence-corrected chi connectivity index (χ1v) is 12.2. The number of rotatable bonds is 8. The lowest BCUT2D eigenvalue weighted by Gasteiger charge is -2.41. The highest BCUT2D eigenvalue weighted by Gasteiger charge is 2.55. The van der Waals surface area contributed by atoms with Crippen LogP contribution in [0.1, 0.15) is 49.4 Å². The average Bonchev–Trinajstić information content (AvgIpc) is 3.28. The van der Waals surface area contributed by atoms with Crippen LogP contribution in [0.5, 0.6) is 0 Å². The van der Waals surface area contributed by atoms with Gasteiger partial charge >= 0.3 is 6.03 Å². The summed E-state index contributed by atoms with van der Waals surface area (Å²) in [6.45, 7) is 6.59. The summed E-state index contributed by atoms with van der Waals surface area (Å²) in [5.74, 6) is 5.71. The van der Waals surface area contributed by atoms with Crippen molar-refractivity contribution < 1.29 is 9.59 Å². The molecule has 1 aromatic carbocycles. The molecule has 34 heavy (non-hydrogen) atoms. The maximum absolute atomic E-state index is 13.7. The van der Waals surface area contributed by atoms with Gasteiger partial charge in [0, 0.05) is 25.4 Å². The standard InChI is InChI=1S/C27H35N5O2/c1-4-5-16-32-25(33)27(28-26(32)34,15-9-12-22-10-7-6-8-11-22)24-13-17-31(18-14-24)20-23-19-30(3)29-21(23)2/h6-8,10-11,19,24H,9,12-18,20H2,1-3H3,(H,28,34)/t27-/m1/s1. The van der Waals surface area contributed by atoms with Gasteiger partial charge in [-0.1, -0.05) is 36.3 Å². The second-order valence-corrected chi connectivity index (χ2v) is 9.52. The van der Waals surface area contributed by atoms with Crippen LogP contribution in [0, 0.1) is 24.7 Å².